The second-order valence-corrected chi connectivity index (χ2v) is 4.20. The molecular weight excluding hydrogens is 172 g/mol. The molecule has 0 aliphatic carbocycles. The fourth-order valence-corrected chi connectivity index (χ4v) is 2.09. The molecule has 0 atom stereocenters. The molecule has 0 amide bonds. The zero-order chi connectivity index (χ0) is 10.7. The Morgan fingerprint density at radius 2 is 1.93 bits per heavy atom. The Bertz CT molecular complexity index is 313. The number of aryl methyl sites for hydroxylation is 1. The second kappa shape index (κ2) is 4.50. The summed E-state index contributed by atoms with van der Waals surface area (Å²) in [4.78, 5) is 0. The van der Waals surface area contributed by atoms with Crippen molar-refractivity contribution in [3.63, 3.8) is 0 Å². The normalized spacial score (nSPS) is 10.9. The highest BCUT2D eigenvalue weighted by Crippen LogP contribution is 2.31. The van der Waals surface area contributed by atoms with E-state index in [1.807, 2.05) is 12.1 Å². The Morgan fingerprint density at radius 1 is 1.29 bits per heavy atom. The predicted octanol–water partition coefficient (Wildman–Crippen LogP) is 3.78. The summed E-state index contributed by atoms with van der Waals surface area (Å²) in [6.07, 6.45) is 2.05. The quantitative estimate of drug-likeness (QED) is 0.772. The summed E-state index contributed by atoms with van der Waals surface area (Å²) >= 11 is 0. The van der Waals surface area contributed by atoms with Crippen molar-refractivity contribution in [2.24, 2.45) is 0 Å². The van der Waals surface area contributed by atoms with Gasteiger partial charge in [-0.25, -0.2) is 0 Å². The van der Waals surface area contributed by atoms with Crippen LogP contribution in [0.15, 0.2) is 12.1 Å². The van der Waals surface area contributed by atoms with Crippen molar-refractivity contribution < 1.29 is 5.11 Å². The lowest BCUT2D eigenvalue weighted by Crippen LogP contribution is -2.00. The Labute approximate surface area is 86.8 Å². The van der Waals surface area contributed by atoms with Crippen LogP contribution in [0.1, 0.15) is 49.8 Å². The van der Waals surface area contributed by atoms with E-state index in [0.717, 1.165) is 18.4 Å². The van der Waals surface area contributed by atoms with Gasteiger partial charge in [0.05, 0.1) is 0 Å². The fraction of sp³-hybridized carbons (Fsp3) is 0.538. The number of rotatable bonds is 3. The summed E-state index contributed by atoms with van der Waals surface area (Å²) in [5.74, 6) is 0.949. The number of phenols is 1. The summed E-state index contributed by atoms with van der Waals surface area (Å²) < 4.78 is 0. The molecule has 1 rings (SSSR count). The molecule has 0 spiro atoms. The van der Waals surface area contributed by atoms with Crippen molar-refractivity contribution in [1.82, 2.24) is 0 Å². The molecule has 0 saturated heterocycles. The molecule has 14 heavy (non-hydrogen) atoms. The Kier molecular flexibility index (Phi) is 3.56. The third-order valence-corrected chi connectivity index (χ3v) is 2.63. The average molecular weight is 192 g/mol. The molecule has 1 aromatic rings. The molecule has 0 aliphatic rings. The van der Waals surface area contributed by atoms with E-state index in [4.69, 9.17) is 0 Å². The Balaban J connectivity index is 3.26. The molecule has 0 radical (unpaired) electrons. The maximum atomic E-state index is 9.80. The molecule has 78 valence electrons. The first-order valence-corrected chi connectivity index (χ1v) is 5.39. The summed E-state index contributed by atoms with van der Waals surface area (Å²) in [5.41, 5.74) is 3.76. The minimum atomic E-state index is 0.459. The van der Waals surface area contributed by atoms with Gasteiger partial charge in [-0.3, -0.25) is 0 Å². The van der Waals surface area contributed by atoms with Crippen molar-refractivity contribution in [2.75, 3.05) is 0 Å². The van der Waals surface area contributed by atoms with Gasteiger partial charge in [0.1, 0.15) is 5.75 Å². The van der Waals surface area contributed by atoms with Crippen molar-refractivity contribution in [3.8, 4) is 5.75 Å². The number of hydrogen-bond acceptors (Lipinski definition) is 1. The van der Waals surface area contributed by atoms with Crippen LogP contribution in [-0.2, 0) is 6.42 Å². The summed E-state index contributed by atoms with van der Waals surface area (Å²) in [7, 11) is 0. The molecule has 0 unspecified atom stereocenters. The first-order valence-electron chi connectivity index (χ1n) is 5.39. The van der Waals surface area contributed by atoms with E-state index in [2.05, 4.69) is 27.7 Å². The molecular formula is C13H20O. The van der Waals surface area contributed by atoms with Crippen LogP contribution in [0.25, 0.3) is 0 Å². The highest BCUT2D eigenvalue weighted by molar-refractivity contribution is 5.45. The number of phenolic OH excluding ortho intramolecular Hbond substituents is 1. The summed E-state index contributed by atoms with van der Waals surface area (Å²) in [5, 5.41) is 9.80. The first-order chi connectivity index (χ1) is 6.57. The molecule has 0 fully saturated rings. The van der Waals surface area contributed by atoms with E-state index in [1.54, 1.807) is 0 Å². The maximum Gasteiger partial charge on any atom is 0.119 e. The third-order valence-electron chi connectivity index (χ3n) is 2.63. The minimum Gasteiger partial charge on any atom is -0.508 e. The SMILES string of the molecule is CCCc1c(O)ccc(C)c1C(C)C. The number of benzene rings is 1. The highest BCUT2D eigenvalue weighted by atomic mass is 16.3. The van der Waals surface area contributed by atoms with Gasteiger partial charge in [-0.2, -0.15) is 0 Å². The molecule has 0 aliphatic heterocycles. The van der Waals surface area contributed by atoms with Gasteiger partial charge < -0.3 is 5.11 Å². The van der Waals surface area contributed by atoms with Crippen LogP contribution in [0.3, 0.4) is 0 Å². The monoisotopic (exact) mass is 192 g/mol. The minimum absolute atomic E-state index is 0.459. The lowest BCUT2D eigenvalue weighted by molar-refractivity contribution is 0.465. The topological polar surface area (TPSA) is 20.2 Å². The van der Waals surface area contributed by atoms with E-state index in [-0.39, 0.29) is 0 Å². The van der Waals surface area contributed by atoms with Gasteiger partial charge in [-0.1, -0.05) is 33.3 Å². The third kappa shape index (κ3) is 2.09. The first kappa shape index (κ1) is 11.1. The van der Waals surface area contributed by atoms with Crippen LogP contribution in [0.2, 0.25) is 0 Å². The molecule has 0 heterocycles. The van der Waals surface area contributed by atoms with Gasteiger partial charge >= 0.3 is 0 Å². The molecule has 0 aromatic heterocycles. The van der Waals surface area contributed by atoms with Crippen LogP contribution >= 0.6 is 0 Å². The van der Waals surface area contributed by atoms with E-state index in [9.17, 15) is 5.11 Å². The molecule has 1 aromatic carbocycles. The Morgan fingerprint density at radius 3 is 2.43 bits per heavy atom. The van der Waals surface area contributed by atoms with Gasteiger partial charge in [0, 0.05) is 0 Å². The van der Waals surface area contributed by atoms with Gasteiger partial charge in [0.25, 0.3) is 0 Å². The molecule has 1 N–H and O–H groups in total. The van der Waals surface area contributed by atoms with Gasteiger partial charge in [-0.05, 0) is 42.0 Å². The lowest BCUT2D eigenvalue weighted by Gasteiger charge is -2.16. The average Bonchev–Trinajstić information content (AvgIpc) is 2.11. The summed E-state index contributed by atoms with van der Waals surface area (Å²) in [6, 6.07) is 3.82. The number of hydrogen-bond donors (Lipinski definition) is 1. The Hall–Kier alpha value is -0.980. The van der Waals surface area contributed by atoms with E-state index >= 15 is 0 Å². The largest absolute Gasteiger partial charge is 0.508 e. The van der Waals surface area contributed by atoms with Crippen molar-refractivity contribution >= 4 is 0 Å². The van der Waals surface area contributed by atoms with E-state index in [0.29, 0.717) is 11.7 Å². The van der Waals surface area contributed by atoms with Gasteiger partial charge in [-0.15, -0.1) is 0 Å². The van der Waals surface area contributed by atoms with Crippen LogP contribution in [0, 0.1) is 6.92 Å². The molecule has 0 saturated carbocycles. The van der Waals surface area contributed by atoms with Crippen LogP contribution in [0.4, 0.5) is 0 Å². The fourth-order valence-electron chi connectivity index (χ4n) is 2.09. The van der Waals surface area contributed by atoms with E-state index in [1.165, 1.54) is 11.1 Å². The van der Waals surface area contributed by atoms with Crippen molar-refractivity contribution in [2.45, 2.75) is 46.5 Å². The number of aromatic hydroxyl groups is 1. The molecule has 1 nitrogen and oxygen atoms in total. The summed E-state index contributed by atoms with van der Waals surface area (Å²) in [6.45, 7) is 8.63. The lowest BCUT2D eigenvalue weighted by atomic mass is 9.90. The van der Waals surface area contributed by atoms with Crippen LogP contribution in [-0.4, -0.2) is 5.11 Å². The predicted molar refractivity (Wildman–Crippen MR) is 60.9 cm³/mol. The maximum absolute atomic E-state index is 9.80. The van der Waals surface area contributed by atoms with Crippen LogP contribution in [0.5, 0.6) is 5.75 Å². The van der Waals surface area contributed by atoms with Gasteiger partial charge in [0.2, 0.25) is 0 Å². The van der Waals surface area contributed by atoms with Crippen molar-refractivity contribution in [1.29, 1.82) is 0 Å². The van der Waals surface area contributed by atoms with E-state index < -0.39 is 0 Å². The molecule has 1 heteroatoms. The van der Waals surface area contributed by atoms with Crippen molar-refractivity contribution in [3.05, 3.63) is 28.8 Å². The zero-order valence-electron chi connectivity index (χ0n) is 9.59. The highest BCUT2D eigenvalue weighted by Gasteiger charge is 2.12. The zero-order valence-corrected chi connectivity index (χ0v) is 9.59. The standard InChI is InChI=1S/C13H20O/c1-5-6-11-12(14)8-7-10(4)13(11)9(2)3/h7-9,14H,5-6H2,1-4H3. The smallest absolute Gasteiger partial charge is 0.119 e. The van der Waals surface area contributed by atoms with Gasteiger partial charge in [0.15, 0.2) is 0 Å². The second-order valence-electron chi connectivity index (χ2n) is 4.20. The van der Waals surface area contributed by atoms with Crippen LogP contribution < -0.4 is 0 Å². The molecule has 0 bridgehead atoms.